The zero-order chi connectivity index (χ0) is 78.4. The van der Waals surface area contributed by atoms with Gasteiger partial charge in [-0.3, -0.25) is 33.9 Å². The third-order valence-corrected chi connectivity index (χ3v) is 16.1. The van der Waals surface area contributed by atoms with Gasteiger partial charge in [-0.1, -0.05) is 11.6 Å². The maximum absolute atomic E-state index is 12.1. The predicted molar refractivity (Wildman–Crippen MR) is 397 cm³/mol. The molecule has 3 amide bonds. The number of ether oxygens (including phenoxy) is 3. The van der Waals surface area contributed by atoms with E-state index in [2.05, 4.69) is 65.0 Å². The average molecular weight is 1560 g/mol. The molecule has 5 aromatic heterocycles. The highest BCUT2D eigenvalue weighted by Crippen LogP contribution is 2.27. The number of carbonyl (C=O) groups excluding carboxylic acids is 6. The molecule has 8 aromatic rings. The quantitative estimate of drug-likeness (QED) is 0.0191. The van der Waals surface area contributed by atoms with Gasteiger partial charge in [-0.25, -0.2) is 53.5 Å². The van der Waals surface area contributed by atoms with Crippen LogP contribution in [0.15, 0.2) is 123 Å². The molecule has 0 radical (unpaired) electrons. The standard InChI is InChI=1S/C19H22ClN5O3.C17H18ClN5O3.C12H17N3O.C7H6Cl2N2O2.C7H8N2O4.C5H4N2O4/c1-3-28-18(27)16-12-21-19(20)23-17(16)22-14-4-6-15(7-5-14)25-10-8-24(9-11-25)13(2)26;1-11(24)22-6-8-23(9-7-22)13-4-2-12(3-5-13)20-15-14(16(25)26)10-19-17(18)21-15;1-10(16)14-6-8-15(9-7-14)12-4-2-11(13)3-5-12;1-2-13-6(12)4-3-10-7(9)11-5(4)8;1-2-13-6(11)4-3-8-7(12)9-5(4)10;8-3-2(4(9)10)1-6-5(11)7-3/h4-7,12H,3,8-11H2,1-2H3,(H,21,22,23);2-5,10H,6-9H2,1H3,(H,25,26)(H,19,20,21);2-5H,6-9,13H2,1H3;3H,2H2,1H3;3H,2H2,1H3,(H2,8,9,10,12);1H,(H,9,10)(H2,6,7,8,11). The summed E-state index contributed by atoms with van der Waals surface area (Å²) in [6.07, 6.45) is 5.62. The van der Waals surface area contributed by atoms with Crippen molar-refractivity contribution >= 4 is 140 Å². The van der Waals surface area contributed by atoms with Crippen molar-refractivity contribution < 1.29 is 62.8 Å². The number of carboxylic acid groups (broad SMARTS) is 2. The number of aromatic amines is 4. The Labute approximate surface area is 629 Å². The zero-order valence-corrected chi connectivity index (χ0v) is 61.4. The number of hydrogen-bond acceptors (Lipinski definition) is 27. The van der Waals surface area contributed by atoms with E-state index in [-0.39, 0.29) is 86.6 Å². The van der Waals surface area contributed by atoms with Crippen LogP contribution in [0.5, 0.6) is 0 Å². The summed E-state index contributed by atoms with van der Waals surface area (Å²) < 4.78 is 14.3. The first kappa shape index (κ1) is 83.9. The number of anilines is 8. The van der Waals surface area contributed by atoms with Gasteiger partial charge in [0.2, 0.25) is 33.6 Å². The third-order valence-electron chi connectivity index (χ3n) is 15.2. The van der Waals surface area contributed by atoms with Crippen molar-refractivity contribution in [2.24, 2.45) is 0 Å². The summed E-state index contributed by atoms with van der Waals surface area (Å²) in [6.45, 7) is 19.9. The number of halogens is 4. The Morgan fingerprint density at radius 2 is 0.748 bits per heavy atom. The lowest BCUT2D eigenvalue weighted by molar-refractivity contribution is -0.129. The average Bonchev–Trinajstić information content (AvgIpc) is 0.835. The molecule has 3 aromatic carbocycles. The molecule has 0 spiro atoms. The smallest absolute Gasteiger partial charge is 0.345 e. The van der Waals surface area contributed by atoms with Gasteiger partial charge in [0.15, 0.2) is 0 Å². The lowest BCUT2D eigenvalue weighted by Gasteiger charge is -2.35. The normalized spacial score (nSPS) is 12.9. The molecule has 0 bridgehead atoms. The SMILES string of the molecule is CC(=O)N1CCN(c2ccc(N)cc2)CC1.CC(=O)N1CCN(c2ccc(Nc3nc(Cl)ncc3C(=O)O)cc2)CC1.CCOC(=O)c1c[nH]c(=O)[nH]c1=O.CCOC(=O)c1cnc(Cl)nc1Cl.CCOC(=O)c1cnc(Cl)nc1Nc1ccc(N2CCN(C(C)=O)CC2)cc1.O=C(O)c1c[nH]c(=O)[nH]c1=O. The summed E-state index contributed by atoms with van der Waals surface area (Å²) in [5.41, 5.74) is 7.73. The summed E-state index contributed by atoms with van der Waals surface area (Å²) in [6, 6.07) is 23.2. The number of carboxylic acids is 2. The molecule has 568 valence electrons. The Bertz CT molecular complexity index is 4640. The number of nitrogens with one attached hydrogen (secondary N) is 6. The van der Waals surface area contributed by atoms with Crippen LogP contribution in [0.2, 0.25) is 21.0 Å². The van der Waals surface area contributed by atoms with Crippen molar-refractivity contribution in [2.45, 2.75) is 41.5 Å². The molecule has 0 saturated carbocycles. The fourth-order valence-electron chi connectivity index (χ4n) is 9.76. The van der Waals surface area contributed by atoms with E-state index in [4.69, 9.17) is 66.7 Å². The third kappa shape index (κ3) is 26.3. The van der Waals surface area contributed by atoms with E-state index in [0.29, 0.717) is 24.6 Å². The van der Waals surface area contributed by atoms with Gasteiger partial charge in [-0.2, -0.15) is 9.97 Å². The van der Waals surface area contributed by atoms with Gasteiger partial charge >= 0.3 is 41.2 Å². The number of benzene rings is 3. The van der Waals surface area contributed by atoms with E-state index >= 15 is 0 Å². The summed E-state index contributed by atoms with van der Waals surface area (Å²) in [5, 5.41) is 23.6. The molecule has 0 unspecified atom stereocenters. The van der Waals surface area contributed by atoms with Gasteiger partial charge in [0.25, 0.3) is 11.1 Å². The Morgan fingerprint density at radius 3 is 1.08 bits per heavy atom. The van der Waals surface area contributed by atoms with E-state index in [1.807, 2.05) is 97.5 Å². The van der Waals surface area contributed by atoms with E-state index in [1.165, 1.54) is 24.3 Å². The van der Waals surface area contributed by atoms with Crippen LogP contribution >= 0.6 is 46.4 Å². The van der Waals surface area contributed by atoms with E-state index in [9.17, 15) is 62.6 Å². The van der Waals surface area contributed by atoms with Crippen molar-refractivity contribution in [1.82, 2.24) is 64.5 Å². The molecule has 3 saturated heterocycles. The molecular formula is C67H75Cl4N19O17. The minimum atomic E-state index is -1.37. The number of aromatic carboxylic acids is 2. The predicted octanol–water partition coefficient (Wildman–Crippen LogP) is 5.86. The molecule has 3 aliphatic heterocycles. The summed E-state index contributed by atoms with van der Waals surface area (Å²) >= 11 is 22.7. The molecular weight excluding hydrogens is 1480 g/mol. The number of H-pyrrole nitrogens is 4. The van der Waals surface area contributed by atoms with Crippen LogP contribution in [0.1, 0.15) is 93.3 Å². The first-order valence-electron chi connectivity index (χ1n) is 32.4. The fourth-order valence-corrected chi connectivity index (χ4v) is 10.4. The fraction of sp³-hybridized carbons (Fsp3) is 0.313. The Balaban J connectivity index is 0.000000209. The minimum Gasteiger partial charge on any atom is -0.477 e. The number of hydrogen-bond donors (Lipinski definition) is 9. The molecule has 11 rings (SSSR count). The van der Waals surface area contributed by atoms with Crippen LogP contribution in [0.25, 0.3) is 0 Å². The van der Waals surface area contributed by atoms with Gasteiger partial charge in [0, 0.05) is 164 Å². The number of rotatable bonds is 15. The molecule has 10 N–H and O–H groups in total. The second-order valence-corrected chi connectivity index (χ2v) is 23.7. The maximum atomic E-state index is 12.1. The number of nitrogens with zero attached hydrogens (tertiary/aromatic N) is 12. The first-order valence-corrected chi connectivity index (χ1v) is 34.0. The number of piperazine rings is 3. The number of esters is 3. The van der Waals surface area contributed by atoms with Crippen LogP contribution < -0.4 is 53.6 Å². The van der Waals surface area contributed by atoms with Crippen LogP contribution in [-0.2, 0) is 28.6 Å². The van der Waals surface area contributed by atoms with Crippen LogP contribution in [0.4, 0.5) is 45.8 Å². The zero-order valence-electron chi connectivity index (χ0n) is 58.4. The number of aromatic nitrogens is 10. The number of nitrogens with two attached hydrogens (primary N) is 1. The maximum Gasteiger partial charge on any atom is 0.345 e. The Morgan fingerprint density at radius 1 is 0.439 bits per heavy atom. The minimum absolute atomic E-state index is 0.00144. The molecule has 0 aliphatic carbocycles. The molecule has 3 aliphatic rings. The van der Waals surface area contributed by atoms with Gasteiger partial charge in [-0.15, -0.1) is 0 Å². The lowest BCUT2D eigenvalue weighted by Crippen LogP contribution is -2.48. The highest BCUT2D eigenvalue weighted by Gasteiger charge is 2.24. The molecule has 3 fully saturated rings. The van der Waals surface area contributed by atoms with E-state index in [1.54, 1.807) is 46.5 Å². The van der Waals surface area contributed by atoms with Crippen LogP contribution in [0.3, 0.4) is 0 Å². The number of nitrogen functional groups attached to an aromatic ring is 1. The van der Waals surface area contributed by atoms with Crippen LogP contribution in [-0.4, -0.2) is 221 Å². The van der Waals surface area contributed by atoms with Crippen molar-refractivity contribution in [3.8, 4) is 0 Å². The molecule has 0 atom stereocenters. The van der Waals surface area contributed by atoms with Gasteiger partial charge in [0.05, 0.1) is 19.8 Å². The molecule has 36 nitrogen and oxygen atoms in total. The Hall–Kier alpha value is -12.0. The second kappa shape index (κ2) is 41.5. The highest BCUT2D eigenvalue weighted by molar-refractivity contribution is 6.34. The van der Waals surface area contributed by atoms with Crippen molar-refractivity contribution in [2.75, 3.05) is 129 Å². The molecule has 107 heavy (non-hydrogen) atoms. The Kier molecular flexibility index (Phi) is 32.5. The monoisotopic (exact) mass is 1560 g/mol. The second-order valence-electron chi connectivity index (χ2n) is 22.3. The lowest BCUT2D eigenvalue weighted by atomic mass is 10.2. The summed E-state index contributed by atoms with van der Waals surface area (Å²) in [7, 11) is 0. The first-order chi connectivity index (χ1) is 51.0. The topological polar surface area (TPSA) is 483 Å². The number of amides is 3. The molecule has 8 heterocycles. The molecule has 40 heteroatoms. The summed E-state index contributed by atoms with van der Waals surface area (Å²) in [5.74, 6) is -3.52. The number of carbonyl (C=O) groups is 8. The van der Waals surface area contributed by atoms with Crippen molar-refractivity contribution in [1.29, 1.82) is 0 Å². The van der Waals surface area contributed by atoms with E-state index < -0.39 is 57.9 Å². The van der Waals surface area contributed by atoms with Crippen molar-refractivity contribution in [3.63, 3.8) is 0 Å². The summed E-state index contributed by atoms with van der Waals surface area (Å²) in [4.78, 5) is 175. The largest absolute Gasteiger partial charge is 0.477 e. The van der Waals surface area contributed by atoms with E-state index in [0.717, 1.165) is 101 Å². The highest BCUT2D eigenvalue weighted by atomic mass is 35.5. The van der Waals surface area contributed by atoms with Gasteiger partial charge in [0.1, 0.15) is 44.6 Å². The van der Waals surface area contributed by atoms with Crippen LogP contribution in [0, 0.1) is 0 Å². The van der Waals surface area contributed by atoms with Gasteiger partial charge < -0.3 is 80.2 Å². The van der Waals surface area contributed by atoms with Gasteiger partial charge in [-0.05, 0) is 128 Å². The van der Waals surface area contributed by atoms with Crippen molar-refractivity contribution in [3.05, 3.63) is 194 Å².